The van der Waals surface area contributed by atoms with Crippen LogP contribution in [0.15, 0.2) is 17.0 Å². The molecule has 2 aliphatic rings. The van der Waals surface area contributed by atoms with E-state index in [0.29, 0.717) is 5.91 Å². The highest BCUT2D eigenvalue weighted by Crippen LogP contribution is 2.41. The fourth-order valence-corrected chi connectivity index (χ4v) is 4.77. The van der Waals surface area contributed by atoms with Gasteiger partial charge in [-0.15, -0.1) is 11.8 Å². The normalized spacial score (nSPS) is 24.2. The molecule has 1 atom stereocenters. The lowest BCUT2D eigenvalue weighted by Gasteiger charge is -2.37. The molecule has 2 heterocycles. The van der Waals surface area contributed by atoms with Crippen molar-refractivity contribution in [2.24, 2.45) is 5.41 Å². The molecule has 1 aromatic rings. The molecule has 2 saturated heterocycles. The van der Waals surface area contributed by atoms with Crippen molar-refractivity contribution in [1.82, 2.24) is 9.80 Å². The molecule has 6 heteroatoms. The van der Waals surface area contributed by atoms with E-state index in [1.807, 2.05) is 24.3 Å². The van der Waals surface area contributed by atoms with Crippen molar-refractivity contribution in [3.63, 3.8) is 0 Å². The standard InChI is InChI=1S/C19H28N2O3S/c1-20-8-5-6-19(18(20)22)7-9-21(13-19)12-14-10-16(24-3)17(25-4)11-15(14)23-2/h10-11H,5-9,12-13H2,1-4H3/t19-/m0/s1. The Morgan fingerprint density at radius 3 is 2.60 bits per heavy atom. The summed E-state index contributed by atoms with van der Waals surface area (Å²) in [4.78, 5) is 18.1. The number of ether oxygens (including phenoxy) is 2. The van der Waals surface area contributed by atoms with Gasteiger partial charge >= 0.3 is 0 Å². The summed E-state index contributed by atoms with van der Waals surface area (Å²) in [6.45, 7) is 3.47. The minimum absolute atomic E-state index is 0.177. The first kappa shape index (κ1) is 18.4. The van der Waals surface area contributed by atoms with Gasteiger partial charge in [0.05, 0.1) is 24.5 Å². The van der Waals surface area contributed by atoms with Crippen LogP contribution in [0.1, 0.15) is 24.8 Å². The Hall–Kier alpha value is -1.40. The molecule has 0 N–H and O–H groups in total. The van der Waals surface area contributed by atoms with E-state index in [9.17, 15) is 4.79 Å². The zero-order valence-corrected chi connectivity index (χ0v) is 16.4. The lowest BCUT2D eigenvalue weighted by molar-refractivity contribution is -0.143. The topological polar surface area (TPSA) is 42.0 Å². The van der Waals surface area contributed by atoms with E-state index in [2.05, 4.69) is 11.0 Å². The first-order valence-corrected chi connectivity index (χ1v) is 10.0. The Kier molecular flexibility index (Phi) is 5.49. The Bertz CT molecular complexity index is 652. The van der Waals surface area contributed by atoms with Gasteiger partial charge in [-0.1, -0.05) is 0 Å². The Morgan fingerprint density at radius 2 is 1.92 bits per heavy atom. The van der Waals surface area contributed by atoms with E-state index in [1.54, 1.807) is 26.0 Å². The largest absolute Gasteiger partial charge is 0.496 e. The van der Waals surface area contributed by atoms with E-state index in [0.717, 1.165) is 67.4 Å². The quantitative estimate of drug-likeness (QED) is 0.752. The average Bonchev–Trinajstić information content (AvgIpc) is 3.02. The molecule has 0 saturated carbocycles. The van der Waals surface area contributed by atoms with E-state index in [1.165, 1.54) is 0 Å². The Labute approximate surface area is 154 Å². The molecule has 1 amide bonds. The van der Waals surface area contributed by atoms with Gasteiger partial charge in [-0.2, -0.15) is 0 Å². The smallest absolute Gasteiger partial charge is 0.229 e. The zero-order valence-electron chi connectivity index (χ0n) is 15.6. The van der Waals surface area contributed by atoms with Crippen LogP contribution < -0.4 is 9.47 Å². The van der Waals surface area contributed by atoms with Crippen molar-refractivity contribution in [3.05, 3.63) is 17.7 Å². The molecule has 0 radical (unpaired) electrons. The fraction of sp³-hybridized carbons (Fsp3) is 0.632. The number of hydrogen-bond donors (Lipinski definition) is 0. The van der Waals surface area contributed by atoms with Crippen LogP contribution in [0.5, 0.6) is 11.5 Å². The minimum atomic E-state index is -0.177. The molecule has 1 spiro atoms. The first-order valence-electron chi connectivity index (χ1n) is 8.80. The van der Waals surface area contributed by atoms with Gasteiger partial charge in [0.15, 0.2) is 0 Å². The van der Waals surface area contributed by atoms with E-state index >= 15 is 0 Å². The summed E-state index contributed by atoms with van der Waals surface area (Å²) in [6, 6.07) is 4.12. The maximum absolute atomic E-state index is 12.7. The Morgan fingerprint density at radius 1 is 1.16 bits per heavy atom. The van der Waals surface area contributed by atoms with Crippen molar-refractivity contribution >= 4 is 17.7 Å². The molecule has 0 bridgehead atoms. The van der Waals surface area contributed by atoms with Crippen LogP contribution in [0.2, 0.25) is 0 Å². The van der Waals surface area contributed by atoms with Gasteiger partial charge in [-0.3, -0.25) is 9.69 Å². The number of thioether (sulfide) groups is 1. The SMILES string of the molecule is COc1cc(SC)c(OC)cc1CN1CC[C@@]2(CCCN(C)C2=O)C1. The molecular weight excluding hydrogens is 336 g/mol. The molecule has 3 rings (SSSR count). The lowest BCUT2D eigenvalue weighted by Crippen LogP contribution is -2.48. The van der Waals surface area contributed by atoms with Gasteiger partial charge in [0.2, 0.25) is 5.91 Å². The van der Waals surface area contributed by atoms with Crippen molar-refractivity contribution in [1.29, 1.82) is 0 Å². The van der Waals surface area contributed by atoms with E-state index in [-0.39, 0.29) is 5.41 Å². The van der Waals surface area contributed by atoms with Crippen LogP contribution in [-0.4, -0.2) is 62.9 Å². The monoisotopic (exact) mass is 364 g/mol. The van der Waals surface area contributed by atoms with Crippen LogP contribution in [0.4, 0.5) is 0 Å². The van der Waals surface area contributed by atoms with Crippen LogP contribution in [-0.2, 0) is 11.3 Å². The summed E-state index contributed by atoms with van der Waals surface area (Å²) in [5, 5.41) is 0. The second kappa shape index (κ2) is 7.46. The van der Waals surface area contributed by atoms with Gasteiger partial charge in [-0.25, -0.2) is 0 Å². The highest BCUT2D eigenvalue weighted by Gasteiger charge is 2.47. The van der Waals surface area contributed by atoms with Crippen molar-refractivity contribution in [2.75, 3.05) is 47.2 Å². The molecule has 5 nitrogen and oxygen atoms in total. The lowest BCUT2D eigenvalue weighted by atomic mass is 9.78. The number of likely N-dealkylation sites (tertiary alicyclic amines) is 2. The molecule has 0 unspecified atom stereocenters. The molecule has 0 aliphatic carbocycles. The summed E-state index contributed by atoms with van der Waals surface area (Å²) in [5.74, 6) is 2.09. The summed E-state index contributed by atoms with van der Waals surface area (Å²) < 4.78 is 11.1. The van der Waals surface area contributed by atoms with Crippen molar-refractivity contribution in [2.45, 2.75) is 30.7 Å². The maximum atomic E-state index is 12.7. The number of piperidine rings is 1. The minimum Gasteiger partial charge on any atom is -0.496 e. The molecule has 1 aromatic carbocycles. The van der Waals surface area contributed by atoms with Crippen LogP contribution in [0, 0.1) is 5.41 Å². The predicted octanol–water partition coefficient (Wildman–Crippen LogP) is 2.87. The number of benzene rings is 1. The second-order valence-electron chi connectivity index (χ2n) is 7.09. The van der Waals surface area contributed by atoms with Crippen LogP contribution in [0.3, 0.4) is 0 Å². The summed E-state index contributed by atoms with van der Waals surface area (Å²) in [6.07, 6.45) is 5.11. The number of methoxy groups -OCH3 is 2. The predicted molar refractivity (Wildman–Crippen MR) is 101 cm³/mol. The fourth-order valence-electron chi connectivity index (χ4n) is 4.20. The molecule has 25 heavy (non-hydrogen) atoms. The van der Waals surface area contributed by atoms with Crippen molar-refractivity contribution < 1.29 is 14.3 Å². The first-order chi connectivity index (χ1) is 12.0. The number of amides is 1. The van der Waals surface area contributed by atoms with E-state index < -0.39 is 0 Å². The van der Waals surface area contributed by atoms with Gasteiger partial charge in [0.1, 0.15) is 11.5 Å². The second-order valence-corrected chi connectivity index (χ2v) is 7.94. The highest BCUT2D eigenvalue weighted by molar-refractivity contribution is 7.98. The number of nitrogens with zero attached hydrogens (tertiary/aromatic N) is 2. The third-order valence-electron chi connectivity index (χ3n) is 5.56. The average molecular weight is 365 g/mol. The zero-order chi connectivity index (χ0) is 18.0. The number of rotatable bonds is 5. The van der Waals surface area contributed by atoms with Gasteiger partial charge in [0, 0.05) is 32.2 Å². The molecule has 0 aromatic heterocycles. The third kappa shape index (κ3) is 3.47. The Balaban J connectivity index is 1.78. The molecule has 2 fully saturated rings. The van der Waals surface area contributed by atoms with Crippen LogP contribution in [0.25, 0.3) is 0 Å². The molecular formula is C19H28N2O3S. The van der Waals surface area contributed by atoms with Gasteiger partial charge in [0.25, 0.3) is 0 Å². The molecule has 138 valence electrons. The summed E-state index contributed by atoms with van der Waals surface area (Å²) in [7, 11) is 5.34. The number of hydrogen-bond acceptors (Lipinski definition) is 5. The maximum Gasteiger partial charge on any atom is 0.229 e. The van der Waals surface area contributed by atoms with Crippen LogP contribution >= 0.6 is 11.8 Å². The number of carbonyl (C=O) groups is 1. The van der Waals surface area contributed by atoms with Gasteiger partial charge < -0.3 is 14.4 Å². The van der Waals surface area contributed by atoms with Gasteiger partial charge in [-0.05, 0) is 44.2 Å². The summed E-state index contributed by atoms with van der Waals surface area (Å²) >= 11 is 1.65. The van der Waals surface area contributed by atoms with Crippen molar-refractivity contribution in [3.8, 4) is 11.5 Å². The highest BCUT2D eigenvalue weighted by atomic mass is 32.2. The summed E-state index contributed by atoms with van der Waals surface area (Å²) in [5.41, 5.74) is 0.939. The molecule has 2 aliphatic heterocycles. The van der Waals surface area contributed by atoms with E-state index in [4.69, 9.17) is 9.47 Å². The number of carbonyl (C=O) groups excluding carboxylic acids is 1. The third-order valence-corrected chi connectivity index (χ3v) is 6.32.